The average Bonchev–Trinajstić information content (AvgIpc) is 3.25. The Morgan fingerprint density at radius 2 is 2.26 bits per heavy atom. The van der Waals surface area contributed by atoms with E-state index in [2.05, 4.69) is 23.3 Å². The van der Waals surface area contributed by atoms with Crippen molar-refractivity contribution in [2.24, 2.45) is 5.92 Å². The van der Waals surface area contributed by atoms with Crippen LogP contribution in [0.4, 0.5) is 5.00 Å². The van der Waals surface area contributed by atoms with Gasteiger partial charge in [-0.25, -0.2) is 4.98 Å². The number of hydrogen-bond donors (Lipinski definition) is 1. The number of benzene rings is 1. The molecule has 4 nitrogen and oxygen atoms in total. The van der Waals surface area contributed by atoms with E-state index >= 15 is 0 Å². The van der Waals surface area contributed by atoms with Crippen molar-refractivity contribution in [3.05, 3.63) is 40.3 Å². The van der Waals surface area contributed by atoms with Crippen molar-refractivity contribution in [3.8, 4) is 6.07 Å². The zero-order valence-corrected chi connectivity index (χ0v) is 17.4. The van der Waals surface area contributed by atoms with E-state index < -0.39 is 0 Å². The van der Waals surface area contributed by atoms with Gasteiger partial charge in [0.1, 0.15) is 11.1 Å². The summed E-state index contributed by atoms with van der Waals surface area (Å²) in [5, 5.41) is 13.3. The number of fused-ring (bicyclic) bond motifs is 2. The predicted octanol–water partition coefficient (Wildman–Crippen LogP) is 5.48. The van der Waals surface area contributed by atoms with E-state index in [0.717, 1.165) is 39.4 Å². The lowest BCUT2D eigenvalue weighted by molar-refractivity contribution is -0.113. The van der Waals surface area contributed by atoms with Crippen LogP contribution in [0, 0.1) is 17.2 Å². The van der Waals surface area contributed by atoms with E-state index in [0.29, 0.717) is 22.2 Å². The molecule has 1 aliphatic carbocycles. The number of thioether (sulfide) groups is 1. The summed E-state index contributed by atoms with van der Waals surface area (Å²) in [6, 6.07) is 10.3. The number of carbonyl (C=O) groups excluding carboxylic acids is 1. The van der Waals surface area contributed by atoms with Crippen LogP contribution in [0.3, 0.4) is 0 Å². The van der Waals surface area contributed by atoms with Crippen molar-refractivity contribution in [1.29, 1.82) is 5.26 Å². The molecule has 0 radical (unpaired) electrons. The molecule has 0 saturated carbocycles. The van der Waals surface area contributed by atoms with Crippen molar-refractivity contribution < 1.29 is 4.79 Å². The van der Waals surface area contributed by atoms with Crippen LogP contribution in [0.25, 0.3) is 10.2 Å². The monoisotopic (exact) mass is 413 g/mol. The Balaban J connectivity index is 1.43. The average molecular weight is 414 g/mol. The maximum Gasteiger partial charge on any atom is 0.235 e. The Morgan fingerprint density at radius 3 is 3.04 bits per heavy atom. The molecule has 27 heavy (non-hydrogen) atoms. The highest BCUT2D eigenvalue weighted by atomic mass is 32.2. The molecule has 2 aromatic heterocycles. The van der Waals surface area contributed by atoms with E-state index in [1.165, 1.54) is 23.1 Å². The van der Waals surface area contributed by atoms with Crippen LogP contribution in [-0.2, 0) is 17.6 Å². The Morgan fingerprint density at radius 1 is 1.41 bits per heavy atom. The second kappa shape index (κ2) is 8.01. The standard InChI is InChI=1S/C20H19N3OS3/c1-2-12-7-8-13-14(10-21)19(26-17(13)9-12)23-18(24)11-25-20-22-15-5-3-4-6-16(15)27-20/h3-6,12H,2,7-9,11H2,1H3,(H,23,24). The molecule has 1 unspecified atom stereocenters. The first-order valence-corrected chi connectivity index (χ1v) is 11.6. The summed E-state index contributed by atoms with van der Waals surface area (Å²) in [6.45, 7) is 2.22. The Bertz CT molecular complexity index is 998. The van der Waals surface area contributed by atoms with Gasteiger partial charge in [-0.05, 0) is 42.9 Å². The summed E-state index contributed by atoms with van der Waals surface area (Å²) < 4.78 is 2.02. The number of rotatable bonds is 5. The minimum absolute atomic E-state index is 0.0820. The second-order valence-corrected chi connectivity index (χ2v) is 9.98. The molecule has 1 N–H and O–H groups in total. The molecular formula is C20H19N3OS3. The van der Waals surface area contributed by atoms with Crippen molar-refractivity contribution >= 4 is 55.6 Å². The Kier molecular flexibility index (Phi) is 5.48. The van der Waals surface area contributed by atoms with Crippen molar-refractivity contribution in [3.63, 3.8) is 0 Å². The molecule has 2 heterocycles. The first-order valence-electron chi connectivity index (χ1n) is 9.00. The number of amides is 1. The van der Waals surface area contributed by atoms with Gasteiger partial charge < -0.3 is 5.32 Å². The lowest BCUT2D eigenvalue weighted by atomic mass is 9.86. The van der Waals surface area contributed by atoms with Crippen molar-refractivity contribution in [2.45, 2.75) is 36.9 Å². The van der Waals surface area contributed by atoms with Crippen LogP contribution in [0.2, 0.25) is 0 Å². The maximum absolute atomic E-state index is 12.4. The van der Waals surface area contributed by atoms with E-state index in [4.69, 9.17) is 0 Å². The van der Waals surface area contributed by atoms with Crippen LogP contribution in [0.1, 0.15) is 35.8 Å². The van der Waals surface area contributed by atoms with Gasteiger partial charge in [-0.15, -0.1) is 22.7 Å². The number of aromatic nitrogens is 1. The molecule has 1 atom stereocenters. The fraction of sp³-hybridized carbons (Fsp3) is 0.350. The highest BCUT2D eigenvalue weighted by molar-refractivity contribution is 8.01. The minimum Gasteiger partial charge on any atom is -0.316 e. The summed E-state index contributed by atoms with van der Waals surface area (Å²) in [5.41, 5.74) is 2.79. The summed E-state index contributed by atoms with van der Waals surface area (Å²) in [5.74, 6) is 0.910. The number of nitriles is 1. The van der Waals surface area contributed by atoms with Gasteiger partial charge in [0.05, 0.1) is 21.5 Å². The van der Waals surface area contributed by atoms with Gasteiger partial charge in [0.15, 0.2) is 4.34 Å². The Labute approximate surface area is 170 Å². The molecule has 0 saturated heterocycles. The third kappa shape index (κ3) is 3.88. The topological polar surface area (TPSA) is 65.8 Å². The van der Waals surface area contributed by atoms with Crippen LogP contribution < -0.4 is 5.32 Å². The molecule has 0 bridgehead atoms. The van der Waals surface area contributed by atoms with Gasteiger partial charge in [0.2, 0.25) is 5.91 Å². The molecule has 1 amide bonds. The molecule has 4 rings (SSSR count). The molecule has 0 spiro atoms. The number of para-hydroxylation sites is 1. The molecule has 3 aromatic rings. The van der Waals surface area contributed by atoms with Gasteiger partial charge in [-0.1, -0.05) is 37.2 Å². The van der Waals surface area contributed by atoms with E-state index in [-0.39, 0.29) is 5.91 Å². The Hall–Kier alpha value is -1.88. The third-order valence-corrected chi connectivity index (χ3v) is 8.26. The fourth-order valence-corrected chi connectivity index (χ4v) is 6.61. The molecule has 138 valence electrons. The van der Waals surface area contributed by atoms with Crippen LogP contribution >= 0.6 is 34.4 Å². The lowest BCUT2D eigenvalue weighted by Crippen LogP contribution is -2.14. The summed E-state index contributed by atoms with van der Waals surface area (Å²) in [4.78, 5) is 18.3. The predicted molar refractivity (Wildman–Crippen MR) is 114 cm³/mol. The molecule has 1 aliphatic rings. The summed E-state index contributed by atoms with van der Waals surface area (Å²) in [7, 11) is 0. The molecule has 0 aliphatic heterocycles. The quantitative estimate of drug-likeness (QED) is 0.563. The first-order chi connectivity index (χ1) is 13.2. The zero-order valence-electron chi connectivity index (χ0n) is 14.9. The second-order valence-electron chi connectivity index (χ2n) is 6.62. The van der Waals surface area contributed by atoms with Crippen LogP contribution in [0.5, 0.6) is 0 Å². The molecule has 0 fully saturated rings. The van der Waals surface area contributed by atoms with Gasteiger partial charge >= 0.3 is 0 Å². The number of thiazole rings is 1. The largest absolute Gasteiger partial charge is 0.316 e. The molecule has 7 heteroatoms. The number of thiophene rings is 1. The van der Waals surface area contributed by atoms with Crippen LogP contribution in [0.15, 0.2) is 28.6 Å². The first kappa shape index (κ1) is 18.5. The lowest BCUT2D eigenvalue weighted by Gasteiger charge is -2.20. The smallest absolute Gasteiger partial charge is 0.235 e. The van der Waals surface area contributed by atoms with E-state index in [1.807, 2.05) is 24.3 Å². The maximum atomic E-state index is 12.4. The van der Waals surface area contributed by atoms with Crippen LogP contribution in [-0.4, -0.2) is 16.6 Å². The van der Waals surface area contributed by atoms with E-state index in [9.17, 15) is 10.1 Å². The SMILES string of the molecule is CCC1CCc2c(sc(NC(=O)CSc3nc4ccccc4s3)c2C#N)C1. The van der Waals surface area contributed by atoms with Gasteiger partial charge in [0.25, 0.3) is 0 Å². The molecular weight excluding hydrogens is 394 g/mol. The van der Waals surface area contributed by atoms with Crippen molar-refractivity contribution in [1.82, 2.24) is 4.98 Å². The van der Waals surface area contributed by atoms with E-state index in [1.54, 1.807) is 22.7 Å². The van der Waals surface area contributed by atoms with Gasteiger partial charge in [0, 0.05) is 4.88 Å². The van der Waals surface area contributed by atoms with Gasteiger partial charge in [-0.3, -0.25) is 4.79 Å². The zero-order chi connectivity index (χ0) is 18.8. The highest BCUT2D eigenvalue weighted by Crippen LogP contribution is 2.40. The van der Waals surface area contributed by atoms with Gasteiger partial charge in [-0.2, -0.15) is 5.26 Å². The third-order valence-electron chi connectivity index (χ3n) is 4.91. The normalized spacial score (nSPS) is 16.1. The summed E-state index contributed by atoms with van der Waals surface area (Å²) in [6.07, 6.45) is 4.28. The fourth-order valence-electron chi connectivity index (χ4n) is 3.41. The number of anilines is 1. The van der Waals surface area contributed by atoms with Crippen molar-refractivity contribution in [2.75, 3.05) is 11.1 Å². The number of carbonyl (C=O) groups is 1. The highest BCUT2D eigenvalue weighted by Gasteiger charge is 2.25. The molecule has 1 aromatic carbocycles. The number of nitrogens with zero attached hydrogens (tertiary/aromatic N) is 2. The summed E-state index contributed by atoms with van der Waals surface area (Å²) >= 11 is 4.63. The minimum atomic E-state index is -0.0820. The number of nitrogens with one attached hydrogen (secondary N) is 1. The number of hydrogen-bond acceptors (Lipinski definition) is 6.